The number of aliphatic hydroxyl groups excluding tert-OH is 2. The van der Waals surface area contributed by atoms with Gasteiger partial charge in [0.2, 0.25) is 5.91 Å². The first-order valence-corrected chi connectivity index (χ1v) is 44.4. The van der Waals surface area contributed by atoms with E-state index in [2.05, 4.69) is 31.3 Å². The fourth-order valence-electron chi connectivity index (χ4n) is 14.6. The van der Waals surface area contributed by atoms with E-state index >= 15 is 0 Å². The highest BCUT2D eigenvalue weighted by atomic mass is 16.5. The van der Waals surface area contributed by atoms with E-state index in [4.69, 9.17) is 4.74 Å². The topological polar surface area (TPSA) is 95.9 Å². The highest BCUT2D eigenvalue weighted by molar-refractivity contribution is 5.76. The second kappa shape index (κ2) is 85.0. The summed E-state index contributed by atoms with van der Waals surface area (Å²) < 4.78 is 5.52. The Balaban J connectivity index is 3.32. The number of carbonyl (C=O) groups excluding carboxylic acids is 2. The smallest absolute Gasteiger partial charge is 0.305 e. The van der Waals surface area contributed by atoms with Gasteiger partial charge in [-0.25, -0.2) is 0 Å². The number of unbranched alkanes of at least 4 members (excludes halogenated alkanes) is 72. The molecule has 0 saturated carbocycles. The molecule has 0 radical (unpaired) electrons. The first-order valence-electron chi connectivity index (χ1n) is 44.4. The summed E-state index contributed by atoms with van der Waals surface area (Å²) >= 11 is 0. The van der Waals surface area contributed by atoms with Crippen LogP contribution >= 0.6 is 0 Å². The highest BCUT2D eigenvalue weighted by Crippen LogP contribution is 2.21. The van der Waals surface area contributed by atoms with Crippen molar-refractivity contribution in [2.24, 2.45) is 0 Å². The molecule has 2 atom stereocenters. The Morgan fingerprint density at radius 1 is 0.284 bits per heavy atom. The summed E-state index contributed by atoms with van der Waals surface area (Å²) in [6.07, 6.45) is 109. The Labute approximate surface area is 597 Å². The zero-order valence-corrected chi connectivity index (χ0v) is 65.2. The molecule has 0 aromatic rings. The quantitative estimate of drug-likeness (QED) is 0.0320. The van der Waals surface area contributed by atoms with Crippen LogP contribution in [0.2, 0.25) is 0 Å². The van der Waals surface area contributed by atoms with Crippen LogP contribution in [0, 0.1) is 0 Å². The Bertz CT molecular complexity index is 1450. The molecule has 0 saturated heterocycles. The van der Waals surface area contributed by atoms with Gasteiger partial charge >= 0.3 is 5.97 Å². The molecule has 0 aromatic heterocycles. The highest BCUT2D eigenvalue weighted by Gasteiger charge is 2.20. The number of ether oxygens (including phenoxy) is 1. The predicted molar refractivity (Wildman–Crippen MR) is 421 cm³/mol. The molecular weight excluding hydrogens is 1160 g/mol. The average molecular weight is 1340 g/mol. The van der Waals surface area contributed by atoms with Crippen molar-refractivity contribution in [1.29, 1.82) is 0 Å². The third-order valence-corrected chi connectivity index (χ3v) is 21.3. The Morgan fingerprint density at radius 2 is 0.495 bits per heavy atom. The van der Waals surface area contributed by atoms with Crippen LogP contribution in [0.5, 0.6) is 0 Å². The average Bonchev–Trinajstić information content (AvgIpc) is 3.31. The predicted octanol–water partition coefficient (Wildman–Crippen LogP) is 29.8. The lowest BCUT2D eigenvalue weighted by Gasteiger charge is -2.22. The molecular formula is C89H175NO5. The molecule has 0 aromatic carbocycles. The van der Waals surface area contributed by atoms with Crippen molar-refractivity contribution < 1.29 is 24.5 Å². The van der Waals surface area contributed by atoms with E-state index in [1.165, 1.54) is 449 Å². The molecule has 95 heavy (non-hydrogen) atoms. The molecule has 0 fully saturated rings. The molecule has 2 unspecified atom stereocenters. The third kappa shape index (κ3) is 81.5. The van der Waals surface area contributed by atoms with Crippen LogP contribution in [0.15, 0.2) is 12.2 Å². The monoisotopic (exact) mass is 1340 g/mol. The van der Waals surface area contributed by atoms with Gasteiger partial charge in [0.05, 0.1) is 25.4 Å². The maximum absolute atomic E-state index is 12.6. The SMILES string of the molecule is CCCCCCCCCCCCCCCCCCCCCCCCCC(O)C(CO)NC(=O)CCCCCCCCCCCCCCCCCCC/C=C\CCCCCCCCCCCCCCCCCCOC(=O)CCCCCCCCCCCCCCCCCCCC. The molecule has 1 amide bonds. The fourth-order valence-corrected chi connectivity index (χ4v) is 14.6. The second-order valence-corrected chi connectivity index (χ2v) is 30.9. The number of rotatable bonds is 85. The van der Waals surface area contributed by atoms with Gasteiger partial charge in [-0.15, -0.1) is 0 Å². The number of amides is 1. The van der Waals surface area contributed by atoms with Crippen LogP contribution < -0.4 is 5.32 Å². The standard InChI is InChI=1S/C89H175NO5/c1-3-5-7-9-11-13-15-17-19-21-23-24-40-43-46-49-53-57-61-65-69-73-77-81-87(92)86(85-91)90-88(93)82-78-74-70-66-62-58-54-50-47-44-41-38-36-34-32-30-28-26-25-27-29-31-33-35-37-39-42-45-48-52-56-60-64-68-72-76-80-84-95-89(94)83-79-75-71-67-63-59-55-51-22-20-18-16-14-12-10-8-6-4-2/h25,27,86-87,91-92H,3-24,26,28-85H2,1-2H3,(H,90,93)/b27-25-. The Kier molecular flexibility index (Phi) is 83.8. The van der Waals surface area contributed by atoms with Crippen LogP contribution in [-0.4, -0.2) is 47.4 Å². The van der Waals surface area contributed by atoms with Crippen LogP contribution in [0.4, 0.5) is 0 Å². The van der Waals surface area contributed by atoms with E-state index in [9.17, 15) is 19.8 Å². The molecule has 0 aliphatic rings. The zero-order chi connectivity index (χ0) is 68.4. The first-order chi connectivity index (χ1) is 47.0. The van der Waals surface area contributed by atoms with Crippen molar-refractivity contribution in [3.05, 3.63) is 12.2 Å². The Hall–Kier alpha value is -1.40. The molecule has 0 bridgehead atoms. The molecule has 6 heteroatoms. The lowest BCUT2D eigenvalue weighted by atomic mass is 10.0. The van der Waals surface area contributed by atoms with Crippen molar-refractivity contribution in [3.8, 4) is 0 Å². The maximum Gasteiger partial charge on any atom is 0.305 e. The third-order valence-electron chi connectivity index (χ3n) is 21.3. The number of allylic oxidation sites excluding steroid dienone is 2. The molecule has 0 aliphatic carbocycles. The lowest BCUT2D eigenvalue weighted by molar-refractivity contribution is -0.143. The van der Waals surface area contributed by atoms with E-state index in [0.29, 0.717) is 25.9 Å². The summed E-state index contributed by atoms with van der Waals surface area (Å²) in [7, 11) is 0. The Morgan fingerprint density at radius 3 is 0.747 bits per heavy atom. The number of carbonyl (C=O) groups is 2. The number of hydrogen-bond donors (Lipinski definition) is 3. The van der Waals surface area contributed by atoms with Gasteiger partial charge in [0.1, 0.15) is 0 Å². The largest absolute Gasteiger partial charge is 0.466 e. The molecule has 0 rings (SSSR count). The minimum atomic E-state index is -0.663. The lowest BCUT2D eigenvalue weighted by Crippen LogP contribution is -2.45. The van der Waals surface area contributed by atoms with Gasteiger partial charge in [0.15, 0.2) is 0 Å². The summed E-state index contributed by atoms with van der Waals surface area (Å²) in [6, 6.07) is -0.539. The zero-order valence-electron chi connectivity index (χ0n) is 65.2. The van der Waals surface area contributed by atoms with Crippen molar-refractivity contribution in [2.45, 2.75) is 533 Å². The maximum atomic E-state index is 12.6. The minimum Gasteiger partial charge on any atom is -0.466 e. The molecule has 0 heterocycles. The van der Waals surface area contributed by atoms with Crippen molar-refractivity contribution in [2.75, 3.05) is 13.2 Å². The normalized spacial score (nSPS) is 12.4. The van der Waals surface area contributed by atoms with E-state index in [-0.39, 0.29) is 18.5 Å². The molecule has 0 aliphatic heterocycles. The van der Waals surface area contributed by atoms with Gasteiger partial charge in [-0.1, -0.05) is 469 Å². The number of esters is 1. The van der Waals surface area contributed by atoms with E-state index in [1.807, 2.05) is 0 Å². The van der Waals surface area contributed by atoms with Crippen molar-refractivity contribution >= 4 is 11.9 Å². The van der Waals surface area contributed by atoms with Gasteiger partial charge in [0.25, 0.3) is 0 Å². The minimum absolute atomic E-state index is 0.0244. The summed E-state index contributed by atoms with van der Waals surface area (Å²) in [5.41, 5.74) is 0. The summed E-state index contributed by atoms with van der Waals surface area (Å²) in [5, 5.41) is 23.5. The molecule has 0 spiro atoms. The van der Waals surface area contributed by atoms with Crippen LogP contribution in [-0.2, 0) is 14.3 Å². The summed E-state index contributed by atoms with van der Waals surface area (Å²) in [4.78, 5) is 24.7. The van der Waals surface area contributed by atoms with Crippen LogP contribution in [0.25, 0.3) is 0 Å². The van der Waals surface area contributed by atoms with E-state index < -0.39 is 12.1 Å². The van der Waals surface area contributed by atoms with Crippen molar-refractivity contribution in [1.82, 2.24) is 5.32 Å². The van der Waals surface area contributed by atoms with Crippen LogP contribution in [0.3, 0.4) is 0 Å². The number of aliphatic hydroxyl groups is 2. The number of nitrogens with one attached hydrogen (secondary N) is 1. The van der Waals surface area contributed by atoms with Gasteiger partial charge in [0, 0.05) is 12.8 Å². The van der Waals surface area contributed by atoms with Gasteiger partial charge < -0.3 is 20.3 Å². The molecule has 3 N–H and O–H groups in total. The van der Waals surface area contributed by atoms with Gasteiger partial charge in [-0.05, 0) is 51.4 Å². The van der Waals surface area contributed by atoms with E-state index in [0.717, 1.165) is 38.5 Å². The van der Waals surface area contributed by atoms with Crippen molar-refractivity contribution in [3.63, 3.8) is 0 Å². The fraction of sp³-hybridized carbons (Fsp3) is 0.955. The van der Waals surface area contributed by atoms with E-state index in [1.54, 1.807) is 0 Å². The first kappa shape index (κ1) is 93.6. The second-order valence-electron chi connectivity index (χ2n) is 30.9. The summed E-state index contributed by atoms with van der Waals surface area (Å²) in [5.74, 6) is 0.00305. The molecule has 6 nitrogen and oxygen atoms in total. The van der Waals surface area contributed by atoms with Gasteiger partial charge in [-0.2, -0.15) is 0 Å². The number of hydrogen-bond acceptors (Lipinski definition) is 5. The van der Waals surface area contributed by atoms with Crippen LogP contribution in [0.1, 0.15) is 521 Å². The summed E-state index contributed by atoms with van der Waals surface area (Å²) in [6.45, 7) is 5.03. The van der Waals surface area contributed by atoms with Gasteiger partial charge in [-0.3, -0.25) is 9.59 Å². The molecule has 566 valence electrons.